The molecule has 3 aromatic heterocycles. The van der Waals surface area contributed by atoms with Crippen LogP contribution < -0.4 is 4.74 Å². The Morgan fingerprint density at radius 2 is 2.18 bits per heavy atom. The molecule has 8 nitrogen and oxygen atoms in total. The van der Waals surface area contributed by atoms with Gasteiger partial charge in [0.25, 0.3) is 0 Å². The number of ether oxygens (including phenoxy) is 1. The molecule has 1 amide bonds. The Labute approximate surface area is 162 Å². The van der Waals surface area contributed by atoms with Gasteiger partial charge >= 0.3 is 0 Å². The third kappa shape index (κ3) is 2.85. The highest BCUT2D eigenvalue weighted by atomic mass is 16.5. The van der Waals surface area contributed by atoms with E-state index >= 15 is 0 Å². The number of aryl methyl sites for hydroxylation is 1. The molecule has 0 N–H and O–H groups in total. The first-order valence-electron chi connectivity index (χ1n) is 9.54. The second kappa shape index (κ2) is 6.47. The van der Waals surface area contributed by atoms with Crippen molar-refractivity contribution in [2.75, 3.05) is 6.54 Å². The van der Waals surface area contributed by atoms with Gasteiger partial charge in [-0.15, -0.1) is 0 Å². The Bertz CT molecular complexity index is 1050. The van der Waals surface area contributed by atoms with E-state index in [0.717, 1.165) is 42.6 Å². The molecular weight excluding hydrogens is 356 g/mol. The number of aromatic nitrogens is 5. The lowest BCUT2D eigenvalue weighted by molar-refractivity contribution is -0.127. The fourth-order valence-corrected chi connectivity index (χ4v) is 4.50. The van der Waals surface area contributed by atoms with E-state index in [2.05, 4.69) is 16.8 Å². The molecular formula is C20H22N6O2. The summed E-state index contributed by atoms with van der Waals surface area (Å²) < 4.78 is 9.91. The molecule has 144 valence electrons. The first-order chi connectivity index (χ1) is 13.6. The van der Waals surface area contributed by atoms with Gasteiger partial charge in [0.1, 0.15) is 11.6 Å². The first kappa shape index (κ1) is 17.0. The average Bonchev–Trinajstić information content (AvgIpc) is 3.40. The van der Waals surface area contributed by atoms with E-state index in [-0.39, 0.29) is 18.1 Å². The molecule has 5 rings (SSSR count). The molecule has 1 saturated carbocycles. The smallest absolute Gasteiger partial charge is 0.246 e. The predicted octanol–water partition coefficient (Wildman–Crippen LogP) is 2.07. The highest BCUT2D eigenvalue weighted by Crippen LogP contribution is 2.38. The van der Waals surface area contributed by atoms with Gasteiger partial charge in [-0.1, -0.05) is 6.58 Å². The fraction of sp³-hybridized carbons (Fsp3) is 0.400. The van der Waals surface area contributed by atoms with Crippen LogP contribution in [0.3, 0.4) is 0 Å². The summed E-state index contributed by atoms with van der Waals surface area (Å²) in [4.78, 5) is 18.8. The number of likely N-dealkylation sites (tertiary alicyclic amines) is 1. The topological polar surface area (TPSA) is 77.6 Å². The lowest BCUT2D eigenvalue weighted by atomic mass is 9.88. The first-order valence-corrected chi connectivity index (χ1v) is 9.54. The van der Waals surface area contributed by atoms with Crippen LogP contribution in [0.5, 0.6) is 5.88 Å². The molecule has 2 aliphatic rings. The van der Waals surface area contributed by atoms with Crippen LogP contribution in [0.1, 0.15) is 19.3 Å². The van der Waals surface area contributed by atoms with E-state index in [4.69, 9.17) is 9.72 Å². The minimum atomic E-state index is 0.0167. The number of carbonyl (C=O) groups excluding carboxylic acids is 1. The van der Waals surface area contributed by atoms with Crippen LogP contribution in [-0.2, 0) is 11.8 Å². The van der Waals surface area contributed by atoms with Crippen molar-refractivity contribution in [3.63, 3.8) is 0 Å². The van der Waals surface area contributed by atoms with E-state index < -0.39 is 0 Å². The lowest BCUT2D eigenvalue weighted by Crippen LogP contribution is -2.37. The van der Waals surface area contributed by atoms with Crippen molar-refractivity contribution in [3.8, 4) is 17.1 Å². The quantitative estimate of drug-likeness (QED) is 0.650. The van der Waals surface area contributed by atoms with E-state index in [0.29, 0.717) is 11.8 Å². The van der Waals surface area contributed by atoms with Crippen LogP contribution in [0.25, 0.3) is 16.8 Å². The van der Waals surface area contributed by atoms with Crippen molar-refractivity contribution in [2.24, 2.45) is 13.0 Å². The van der Waals surface area contributed by atoms with Crippen molar-refractivity contribution >= 4 is 11.4 Å². The van der Waals surface area contributed by atoms with Gasteiger partial charge in [-0.2, -0.15) is 10.2 Å². The van der Waals surface area contributed by atoms with Gasteiger partial charge in [0.15, 0.2) is 0 Å². The van der Waals surface area contributed by atoms with Gasteiger partial charge in [-0.3, -0.25) is 9.48 Å². The number of hydrogen-bond donors (Lipinski definition) is 0. The number of fused-ring (bicyclic) bond motifs is 3. The van der Waals surface area contributed by atoms with E-state index in [1.165, 1.54) is 6.08 Å². The molecule has 28 heavy (non-hydrogen) atoms. The SMILES string of the molecule is C=CC(=O)N1C[C@@H]2C[C@H](Oc3nc(-c4cnn(C)c4)cn4nccc34)C[C@H]1C2. The third-order valence-corrected chi connectivity index (χ3v) is 5.72. The number of rotatable bonds is 4. The zero-order valence-electron chi connectivity index (χ0n) is 15.7. The van der Waals surface area contributed by atoms with Crippen molar-refractivity contribution in [3.05, 3.63) is 43.5 Å². The molecule has 1 aliphatic heterocycles. The Hall–Kier alpha value is -3.16. The van der Waals surface area contributed by atoms with E-state index in [1.807, 2.05) is 30.4 Å². The number of carbonyl (C=O) groups is 1. The molecule has 1 aliphatic carbocycles. The van der Waals surface area contributed by atoms with Crippen LogP contribution in [0.15, 0.2) is 43.5 Å². The number of amides is 1. The zero-order valence-corrected chi connectivity index (χ0v) is 15.7. The molecule has 0 spiro atoms. The maximum absolute atomic E-state index is 12.1. The second-order valence-electron chi connectivity index (χ2n) is 7.66. The molecule has 3 aromatic rings. The summed E-state index contributed by atoms with van der Waals surface area (Å²) in [5.74, 6) is 1.06. The lowest BCUT2D eigenvalue weighted by Gasteiger charge is -2.29. The number of nitrogens with zero attached hydrogens (tertiary/aromatic N) is 6. The summed E-state index contributed by atoms with van der Waals surface area (Å²) in [7, 11) is 1.88. The monoisotopic (exact) mass is 378 g/mol. The summed E-state index contributed by atoms with van der Waals surface area (Å²) in [6.45, 7) is 4.42. The van der Waals surface area contributed by atoms with Crippen molar-refractivity contribution in [1.82, 2.24) is 29.3 Å². The van der Waals surface area contributed by atoms with Gasteiger partial charge in [0, 0.05) is 37.8 Å². The third-order valence-electron chi connectivity index (χ3n) is 5.72. The normalized spacial score (nSPS) is 23.9. The Balaban J connectivity index is 1.43. The summed E-state index contributed by atoms with van der Waals surface area (Å²) in [6, 6.07) is 2.12. The minimum Gasteiger partial charge on any atom is -0.473 e. The fourth-order valence-electron chi connectivity index (χ4n) is 4.50. The molecule has 2 bridgehead atoms. The van der Waals surface area contributed by atoms with Crippen LogP contribution in [0, 0.1) is 5.92 Å². The summed E-state index contributed by atoms with van der Waals surface area (Å²) in [5, 5.41) is 8.59. The summed E-state index contributed by atoms with van der Waals surface area (Å²) in [6.07, 6.45) is 11.5. The van der Waals surface area contributed by atoms with Gasteiger partial charge in [0.05, 0.1) is 24.3 Å². The Kier molecular flexibility index (Phi) is 3.92. The van der Waals surface area contributed by atoms with Crippen LogP contribution >= 0.6 is 0 Å². The van der Waals surface area contributed by atoms with Gasteiger partial charge in [-0.05, 0) is 30.9 Å². The van der Waals surface area contributed by atoms with Gasteiger partial charge in [0.2, 0.25) is 11.8 Å². The molecule has 0 aromatic carbocycles. The highest BCUT2D eigenvalue weighted by molar-refractivity contribution is 5.87. The maximum Gasteiger partial charge on any atom is 0.246 e. The van der Waals surface area contributed by atoms with Crippen LogP contribution in [-0.4, -0.2) is 53.9 Å². The largest absolute Gasteiger partial charge is 0.473 e. The van der Waals surface area contributed by atoms with Crippen LogP contribution in [0.2, 0.25) is 0 Å². The van der Waals surface area contributed by atoms with Gasteiger partial charge in [-0.25, -0.2) is 9.50 Å². The molecule has 1 saturated heterocycles. The van der Waals surface area contributed by atoms with Crippen molar-refractivity contribution in [2.45, 2.75) is 31.4 Å². The molecule has 3 atom stereocenters. The minimum absolute atomic E-state index is 0.0167. The second-order valence-corrected chi connectivity index (χ2v) is 7.66. The van der Waals surface area contributed by atoms with Gasteiger partial charge < -0.3 is 9.64 Å². The van der Waals surface area contributed by atoms with Crippen molar-refractivity contribution < 1.29 is 9.53 Å². The molecule has 0 unspecified atom stereocenters. The maximum atomic E-state index is 12.1. The Morgan fingerprint density at radius 3 is 2.96 bits per heavy atom. The molecule has 8 heteroatoms. The molecule has 0 radical (unpaired) electrons. The summed E-state index contributed by atoms with van der Waals surface area (Å²) >= 11 is 0. The summed E-state index contributed by atoms with van der Waals surface area (Å²) in [5.41, 5.74) is 2.52. The molecule has 2 fully saturated rings. The highest BCUT2D eigenvalue weighted by Gasteiger charge is 2.42. The zero-order chi connectivity index (χ0) is 19.3. The van der Waals surface area contributed by atoms with Crippen LogP contribution in [0.4, 0.5) is 0 Å². The predicted molar refractivity (Wildman–Crippen MR) is 103 cm³/mol. The standard InChI is InChI=1S/C20H22N6O2/c1-3-19(27)25-10-13-6-15(25)8-16(7-13)28-20-18-4-5-21-26(18)12-17(23-20)14-9-22-24(2)11-14/h3-5,9,11-13,15-16H,1,6-8,10H2,2H3/t13-,15+,16-/m0/s1. The van der Waals surface area contributed by atoms with Crippen molar-refractivity contribution in [1.29, 1.82) is 0 Å². The van der Waals surface area contributed by atoms with E-state index in [1.54, 1.807) is 21.6 Å². The van der Waals surface area contributed by atoms with E-state index in [9.17, 15) is 4.79 Å². The average molecular weight is 378 g/mol. The Morgan fingerprint density at radius 1 is 1.29 bits per heavy atom. The molecule has 4 heterocycles. The number of hydrogen-bond acceptors (Lipinski definition) is 5.